The number of unbranched alkanes of at least 4 members (excludes halogenated alkanes) is 1. The summed E-state index contributed by atoms with van der Waals surface area (Å²) in [5.74, 6) is -1.48. The number of halogens is 2. The zero-order chi connectivity index (χ0) is 21.9. The fourth-order valence-electron chi connectivity index (χ4n) is 2.37. The number of benzene rings is 2. The first kappa shape index (κ1) is 24.1. The van der Waals surface area contributed by atoms with Gasteiger partial charge in [-0.2, -0.15) is 0 Å². The zero-order valence-electron chi connectivity index (χ0n) is 15.8. The standard InChI is InChI=1S/C20H20I2N4O4/c21-15-9-3-1-7-13(15)19(29)25-23-17(27)11-5-6-12-18(28)24-26-20(30)14-8-2-4-10-16(14)22/h1-4,7-10H,5-6,11-12H2,(H,23,27)(H,24,28)(H,25,29)(H,26,30). The van der Waals surface area contributed by atoms with Gasteiger partial charge >= 0.3 is 0 Å². The third-order valence-electron chi connectivity index (χ3n) is 3.93. The number of amides is 4. The Morgan fingerprint density at radius 1 is 0.600 bits per heavy atom. The topological polar surface area (TPSA) is 116 Å². The second kappa shape index (κ2) is 12.5. The van der Waals surface area contributed by atoms with Crippen molar-refractivity contribution in [3.63, 3.8) is 0 Å². The van der Waals surface area contributed by atoms with Crippen LogP contribution in [-0.4, -0.2) is 23.6 Å². The Morgan fingerprint density at radius 2 is 0.967 bits per heavy atom. The number of carbonyl (C=O) groups is 4. The number of hydrogen-bond acceptors (Lipinski definition) is 4. The van der Waals surface area contributed by atoms with Crippen molar-refractivity contribution in [2.75, 3.05) is 0 Å². The lowest BCUT2D eigenvalue weighted by Crippen LogP contribution is -2.42. The normalized spacial score (nSPS) is 10.1. The molecule has 4 N–H and O–H groups in total. The molecule has 10 heteroatoms. The summed E-state index contributed by atoms with van der Waals surface area (Å²) in [5.41, 5.74) is 10.4. The van der Waals surface area contributed by atoms with Gasteiger partial charge in [0.25, 0.3) is 11.8 Å². The van der Waals surface area contributed by atoms with Gasteiger partial charge < -0.3 is 0 Å². The smallest absolute Gasteiger partial charge is 0.270 e. The van der Waals surface area contributed by atoms with Crippen LogP contribution >= 0.6 is 45.2 Å². The molecule has 2 rings (SSSR count). The van der Waals surface area contributed by atoms with E-state index in [0.29, 0.717) is 24.0 Å². The van der Waals surface area contributed by atoms with Crippen LogP contribution in [0.3, 0.4) is 0 Å². The highest BCUT2D eigenvalue weighted by Crippen LogP contribution is 2.11. The molecule has 8 nitrogen and oxygen atoms in total. The lowest BCUT2D eigenvalue weighted by Gasteiger charge is -2.09. The summed E-state index contributed by atoms with van der Waals surface area (Å²) >= 11 is 4.09. The molecule has 0 bridgehead atoms. The molecule has 2 aromatic rings. The summed E-state index contributed by atoms with van der Waals surface area (Å²) in [6, 6.07) is 14.1. The molecule has 0 saturated heterocycles. The highest BCUT2D eigenvalue weighted by Gasteiger charge is 2.12. The monoisotopic (exact) mass is 634 g/mol. The molecular formula is C20H20I2N4O4. The molecule has 0 aliphatic rings. The first-order valence-corrected chi connectivity index (χ1v) is 11.2. The number of nitrogens with one attached hydrogen (secondary N) is 4. The lowest BCUT2D eigenvalue weighted by molar-refractivity contribution is -0.123. The Labute approximate surface area is 201 Å². The van der Waals surface area contributed by atoms with Gasteiger partial charge in [0.05, 0.1) is 11.1 Å². The minimum Gasteiger partial charge on any atom is -0.273 e. The molecule has 158 valence electrons. The second-order valence-corrected chi connectivity index (χ2v) is 8.50. The highest BCUT2D eigenvalue weighted by molar-refractivity contribution is 14.1. The summed E-state index contributed by atoms with van der Waals surface area (Å²) < 4.78 is 1.56. The molecule has 30 heavy (non-hydrogen) atoms. The van der Waals surface area contributed by atoms with Gasteiger partial charge in [0.1, 0.15) is 0 Å². The average Bonchev–Trinajstić information content (AvgIpc) is 2.74. The van der Waals surface area contributed by atoms with Crippen LogP contribution in [0.4, 0.5) is 0 Å². The number of hydrazine groups is 2. The zero-order valence-corrected chi connectivity index (χ0v) is 20.2. The Balaban J connectivity index is 1.60. The molecule has 0 aliphatic heterocycles. The summed E-state index contributed by atoms with van der Waals surface area (Å²) in [6.45, 7) is 0. The van der Waals surface area contributed by atoms with Gasteiger partial charge in [0, 0.05) is 20.0 Å². The van der Waals surface area contributed by atoms with Gasteiger partial charge in [-0.1, -0.05) is 24.3 Å². The van der Waals surface area contributed by atoms with Gasteiger partial charge in [-0.05, 0) is 82.3 Å². The molecule has 2 aromatic carbocycles. The van der Waals surface area contributed by atoms with Gasteiger partial charge in [-0.25, -0.2) is 0 Å². The lowest BCUT2D eigenvalue weighted by atomic mass is 10.2. The quantitative estimate of drug-likeness (QED) is 0.213. The third kappa shape index (κ3) is 7.89. The SMILES string of the molecule is O=C(CCCCC(=O)NNC(=O)c1ccccc1I)NNC(=O)c1ccccc1I. The Morgan fingerprint density at radius 3 is 1.33 bits per heavy atom. The average molecular weight is 634 g/mol. The number of rotatable bonds is 7. The number of carbonyl (C=O) groups excluding carboxylic acids is 4. The van der Waals surface area contributed by atoms with Crippen LogP contribution in [0, 0.1) is 7.14 Å². The maximum Gasteiger partial charge on any atom is 0.270 e. The molecule has 0 heterocycles. The molecule has 0 fully saturated rings. The molecular weight excluding hydrogens is 614 g/mol. The Hall–Kier alpha value is -2.22. The Kier molecular flexibility index (Phi) is 10.00. The molecule has 0 spiro atoms. The summed E-state index contributed by atoms with van der Waals surface area (Å²) in [5, 5.41) is 0. The van der Waals surface area contributed by atoms with Crippen molar-refractivity contribution in [2.24, 2.45) is 0 Å². The molecule has 0 atom stereocenters. The van der Waals surface area contributed by atoms with Crippen LogP contribution in [0.25, 0.3) is 0 Å². The minimum absolute atomic E-state index is 0.161. The molecule has 0 aromatic heterocycles. The maximum atomic E-state index is 12.0. The van der Waals surface area contributed by atoms with E-state index in [1.165, 1.54) is 0 Å². The van der Waals surface area contributed by atoms with Crippen molar-refractivity contribution >= 4 is 68.8 Å². The molecule has 0 unspecified atom stereocenters. The van der Waals surface area contributed by atoms with Gasteiger partial charge in [0.15, 0.2) is 0 Å². The van der Waals surface area contributed by atoms with Crippen LogP contribution in [0.1, 0.15) is 46.4 Å². The second-order valence-electron chi connectivity index (χ2n) is 6.17. The van der Waals surface area contributed by atoms with E-state index in [-0.39, 0.29) is 24.7 Å². The first-order chi connectivity index (χ1) is 14.4. The largest absolute Gasteiger partial charge is 0.273 e. The van der Waals surface area contributed by atoms with E-state index in [1.54, 1.807) is 36.4 Å². The fourth-order valence-corrected chi connectivity index (χ4v) is 3.64. The molecule has 0 saturated carbocycles. The van der Waals surface area contributed by atoms with Crippen molar-refractivity contribution in [3.8, 4) is 0 Å². The van der Waals surface area contributed by atoms with Gasteiger partial charge in [0.2, 0.25) is 11.8 Å². The van der Waals surface area contributed by atoms with E-state index >= 15 is 0 Å². The fraction of sp³-hybridized carbons (Fsp3) is 0.200. The first-order valence-electron chi connectivity index (χ1n) is 9.06. The Bertz CT molecular complexity index is 861. The predicted octanol–water partition coefficient (Wildman–Crippen LogP) is 2.68. The van der Waals surface area contributed by atoms with Crippen molar-refractivity contribution < 1.29 is 19.2 Å². The highest BCUT2D eigenvalue weighted by atomic mass is 127. The minimum atomic E-state index is -0.392. The van der Waals surface area contributed by atoms with Crippen molar-refractivity contribution in [1.82, 2.24) is 21.7 Å². The third-order valence-corrected chi connectivity index (χ3v) is 5.81. The van der Waals surface area contributed by atoms with Crippen LogP contribution in [0.5, 0.6) is 0 Å². The summed E-state index contributed by atoms with van der Waals surface area (Å²) in [6.07, 6.45) is 1.24. The van der Waals surface area contributed by atoms with Crippen LogP contribution in [0.15, 0.2) is 48.5 Å². The molecule has 4 amide bonds. The summed E-state index contributed by atoms with van der Waals surface area (Å²) in [7, 11) is 0. The van der Waals surface area contributed by atoms with Crippen LogP contribution in [-0.2, 0) is 9.59 Å². The molecule has 0 aliphatic carbocycles. The van der Waals surface area contributed by atoms with E-state index in [1.807, 2.05) is 57.3 Å². The van der Waals surface area contributed by atoms with E-state index < -0.39 is 11.8 Å². The van der Waals surface area contributed by atoms with Gasteiger partial charge in [-0.15, -0.1) is 0 Å². The van der Waals surface area contributed by atoms with Crippen LogP contribution in [0.2, 0.25) is 0 Å². The van der Waals surface area contributed by atoms with E-state index in [0.717, 1.165) is 7.14 Å². The molecule has 0 radical (unpaired) electrons. The van der Waals surface area contributed by atoms with E-state index in [4.69, 9.17) is 0 Å². The predicted molar refractivity (Wildman–Crippen MR) is 128 cm³/mol. The van der Waals surface area contributed by atoms with Gasteiger partial charge in [-0.3, -0.25) is 40.9 Å². The van der Waals surface area contributed by atoms with Crippen LogP contribution < -0.4 is 21.7 Å². The number of hydrogen-bond donors (Lipinski definition) is 4. The van der Waals surface area contributed by atoms with Crippen molar-refractivity contribution in [3.05, 3.63) is 66.8 Å². The van der Waals surface area contributed by atoms with Crippen molar-refractivity contribution in [2.45, 2.75) is 25.7 Å². The summed E-state index contributed by atoms with van der Waals surface area (Å²) in [4.78, 5) is 47.7. The van der Waals surface area contributed by atoms with E-state index in [9.17, 15) is 19.2 Å². The van der Waals surface area contributed by atoms with Crippen molar-refractivity contribution in [1.29, 1.82) is 0 Å². The van der Waals surface area contributed by atoms with E-state index in [2.05, 4.69) is 21.7 Å². The maximum absolute atomic E-state index is 12.0.